The van der Waals surface area contributed by atoms with Crippen LogP contribution in [0.15, 0.2) is 12.4 Å². The predicted molar refractivity (Wildman–Crippen MR) is 60.8 cm³/mol. The van der Waals surface area contributed by atoms with Crippen molar-refractivity contribution in [2.45, 2.75) is 32.4 Å². The number of hydrogen-bond donors (Lipinski definition) is 1. The van der Waals surface area contributed by atoms with Gasteiger partial charge < -0.3 is 10.1 Å². The molecule has 0 amide bonds. The highest BCUT2D eigenvalue weighted by atomic mass is 16.5. The number of unbranched alkanes of at least 4 members (excludes halogenated alkanes) is 1. The van der Waals surface area contributed by atoms with Crippen molar-refractivity contribution in [2.75, 3.05) is 20.8 Å². The summed E-state index contributed by atoms with van der Waals surface area (Å²) < 4.78 is 7.00. The van der Waals surface area contributed by atoms with Crippen molar-refractivity contribution >= 4 is 0 Å². The summed E-state index contributed by atoms with van der Waals surface area (Å²) in [4.78, 5) is 0. The Kier molecular flexibility index (Phi) is 5.36. The Hall–Kier alpha value is -0.870. The predicted octanol–water partition coefficient (Wildman–Crippen LogP) is 1.59. The van der Waals surface area contributed by atoms with Crippen molar-refractivity contribution in [2.24, 2.45) is 0 Å². The topological polar surface area (TPSA) is 39.1 Å². The van der Waals surface area contributed by atoms with Crippen molar-refractivity contribution < 1.29 is 4.74 Å². The van der Waals surface area contributed by atoms with Gasteiger partial charge in [0.15, 0.2) is 0 Å². The van der Waals surface area contributed by atoms with Crippen LogP contribution in [0, 0.1) is 0 Å². The molecule has 0 spiro atoms. The summed E-state index contributed by atoms with van der Waals surface area (Å²) in [7, 11) is 3.70. The Morgan fingerprint density at radius 3 is 3.00 bits per heavy atom. The fraction of sp³-hybridized carbons (Fsp3) is 0.727. The molecule has 0 aliphatic rings. The number of aromatic nitrogens is 2. The van der Waals surface area contributed by atoms with Crippen molar-refractivity contribution in [3.63, 3.8) is 0 Å². The molecule has 15 heavy (non-hydrogen) atoms. The van der Waals surface area contributed by atoms with Gasteiger partial charge in [0.25, 0.3) is 0 Å². The molecule has 4 nitrogen and oxygen atoms in total. The normalized spacial score (nSPS) is 13.0. The van der Waals surface area contributed by atoms with Crippen LogP contribution in [0.1, 0.15) is 31.4 Å². The number of aryl methyl sites for hydroxylation is 1. The van der Waals surface area contributed by atoms with Crippen LogP contribution in [0.4, 0.5) is 0 Å². The van der Waals surface area contributed by atoms with Crippen LogP contribution < -0.4 is 5.32 Å². The minimum absolute atomic E-state index is 0.373. The molecule has 86 valence electrons. The molecule has 0 aliphatic carbocycles. The third-order valence-electron chi connectivity index (χ3n) is 2.57. The van der Waals surface area contributed by atoms with E-state index >= 15 is 0 Å². The zero-order chi connectivity index (χ0) is 11.1. The Morgan fingerprint density at radius 2 is 2.33 bits per heavy atom. The second-order valence-electron chi connectivity index (χ2n) is 3.75. The lowest BCUT2D eigenvalue weighted by molar-refractivity contribution is 0.191. The number of nitrogens with one attached hydrogen (secondary N) is 1. The molecule has 0 saturated heterocycles. The second-order valence-corrected chi connectivity index (χ2v) is 3.75. The maximum absolute atomic E-state index is 5.00. The maximum Gasteiger partial charge on any atom is 0.0537 e. The SMILES string of the molecule is CNC(C)c1cnn(CCCCOC)c1. The summed E-state index contributed by atoms with van der Waals surface area (Å²) >= 11 is 0. The van der Waals surface area contributed by atoms with Crippen LogP contribution in [0.2, 0.25) is 0 Å². The molecular formula is C11H21N3O. The smallest absolute Gasteiger partial charge is 0.0537 e. The van der Waals surface area contributed by atoms with Gasteiger partial charge in [-0.05, 0) is 26.8 Å². The highest BCUT2D eigenvalue weighted by Crippen LogP contribution is 2.10. The molecule has 4 heteroatoms. The number of ether oxygens (including phenoxy) is 1. The number of rotatable bonds is 7. The van der Waals surface area contributed by atoms with Gasteiger partial charge in [-0.2, -0.15) is 5.10 Å². The largest absolute Gasteiger partial charge is 0.385 e. The van der Waals surface area contributed by atoms with Crippen LogP contribution in [0.3, 0.4) is 0 Å². The van der Waals surface area contributed by atoms with Gasteiger partial charge in [0, 0.05) is 38.1 Å². The van der Waals surface area contributed by atoms with Gasteiger partial charge in [-0.15, -0.1) is 0 Å². The average molecular weight is 211 g/mol. The van der Waals surface area contributed by atoms with Gasteiger partial charge in [-0.1, -0.05) is 0 Å². The van der Waals surface area contributed by atoms with E-state index < -0.39 is 0 Å². The molecule has 0 radical (unpaired) electrons. The molecule has 1 aromatic heterocycles. The highest BCUT2D eigenvalue weighted by molar-refractivity contribution is 5.08. The Balaban J connectivity index is 2.33. The second kappa shape index (κ2) is 6.58. The molecule has 0 bridgehead atoms. The van der Waals surface area contributed by atoms with E-state index in [-0.39, 0.29) is 0 Å². The van der Waals surface area contributed by atoms with E-state index in [1.807, 2.05) is 17.9 Å². The molecule has 1 N–H and O–H groups in total. The van der Waals surface area contributed by atoms with Crippen LogP contribution in [-0.2, 0) is 11.3 Å². The van der Waals surface area contributed by atoms with Gasteiger partial charge in [-0.25, -0.2) is 0 Å². The first-order valence-corrected chi connectivity index (χ1v) is 5.46. The minimum atomic E-state index is 0.373. The van der Waals surface area contributed by atoms with Gasteiger partial charge >= 0.3 is 0 Å². The van der Waals surface area contributed by atoms with Crippen molar-refractivity contribution in [3.8, 4) is 0 Å². The fourth-order valence-corrected chi connectivity index (χ4v) is 1.41. The molecule has 1 heterocycles. The van der Waals surface area contributed by atoms with E-state index in [0.717, 1.165) is 26.0 Å². The van der Waals surface area contributed by atoms with Crippen LogP contribution >= 0.6 is 0 Å². The summed E-state index contributed by atoms with van der Waals surface area (Å²) in [5.41, 5.74) is 1.24. The summed E-state index contributed by atoms with van der Waals surface area (Å²) in [6.07, 6.45) is 6.24. The highest BCUT2D eigenvalue weighted by Gasteiger charge is 2.04. The number of nitrogens with zero attached hydrogens (tertiary/aromatic N) is 2. The molecule has 1 atom stereocenters. The van der Waals surface area contributed by atoms with Gasteiger partial charge in [0.05, 0.1) is 6.20 Å². The zero-order valence-electron chi connectivity index (χ0n) is 9.86. The van der Waals surface area contributed by atoms with E-state index in [0.29, 0.717) is 6.04 Å². The van der Waals surface area contributed by atoms with E-state index in [1.165, 1.54) is 5.56 Å². The molecule has 0 aromatic carbocycles. The van der Waals surface area contributed by atoms with Crippen LogP contribution in [0.25, 0.3) is 0 Å². The Bertz CT molecular complexity index is 273. The van der Waals surface area contributed by atoms with E-state index in [2.05, 4.69) is 23.5 Å². The minimum Gasteiger partial charge on any atom is -0.385 e. The number of hydrogen-bond acceptors (Lipinski definition) is 3. The molecule has 0 fully saturated rings. The van der Waals surface area contributed by atoms with Crippen LogP contribution in [0.5, 0.6) is 0 Å². The third kappa shape index (κ3) is 4.01. The third-order valence-corrected chi connectivity index (χ3v) is 2.57. The first-order chi connectivity index (χ1) is 7.27. The van der Waals surface area contributed by atoms with Gasteiger partial charge in [0.1, 0.15) is 0 Å². The molecule has 0 aliphatic heterocycles. The van der Waals surface area contributed by atoms with Gasteiger partial charge in [0.2, 0.25) is 0 Å². The van der Waals surface area contributed by atoms with Gasteiger partial charge in [-0.3, -0.25) is 4.68 Å². The first kappa shape index (κ1) is 12.2. The Morgan fingerprint density at radius 1 is 1.53 bits per heavy atom. The van der Waals surface area contributed by atoms with Crippen LogP contribution in [-0.4, -0.2) is 30.5 Å². The lowest BCUT2D eigenvalue weighted by Crippen LogP contribution is -2.11. The zero-order valence-corrected chi connectivity index (χ0v) is 9.86. The fourth-order valence-electron chi connectivity index (χ4n) is 1.41. The van der Waals surface area contributed by atoms with E-state index in [9.17, 15) is 0 Å². The molecule has 1 aromatic rings. The molecular weight excluding hydrogens is 190 g/mol. The van der Waals surface area contributed by atoms with Crippen molar-refractivity contribution in [1.29, 1.82) is 0 Å². The monoisotopic (exact) mass is 211 g/mol. The molecule has 0 saturated carbocycles. The lowest BCUT2D eigenvalue weighted by Gasteiger charge is -2.05. The number of methoxy groups -OCH3 is 1. The Labute approximate surface area is 91.6 Å². The molecule has 1 unspecified atom stereocenters. The standard InChI is InChI=1S/C11H21N3O/c1-10(12-2)11-8-13-14(9-11)6-4-5-7-15-3/h8-10,12H,4-7H2,1-3H3. The summed E-state index contributed by atoms with van der Waals surface area (Å²) in [6, 6.07) is 0.373. The maximum atomic E-state index is 5.00. The lowest BCUT2D eigenvalue weighted by atomic mass is 10.2. The van der Waals surface area contributed by atoms with E-state index in [1.54, 1.807) is 7.11 Å². The van der Waals surface area contributed by atoms with Crippen molar-refractivity contribution in [1.82, 2.24) is 15.1 Å². The summed E-state index contributed by atoms with van der Waals surface area (Å²) in [5.74, 6) is 0. The quantitative estimate of drug-likeness (QED) is 0.696. The summed E-state index contributed by atoms with van der Waals surface area (Å²) in [5, 5.41) is 7.52. The van der Waals surface area contributed by atoms with E-state index in [4.69, 9.17) is 4.74 Å². The first-order valence-electron chi connectivity index (χ1n) is 5.46. The summed E-state index contributed by atoms with van der Waals surface area (Å²) in [6.45, 7) is 3.94. The van der Waals surface area contributed by atoms with Crippen molar-refractivity contribution in [3.05, 3.63) is 18.0 Å². The average Bonchev–Trinajstić information content (AvgIpc) is 2.72. The molecule has 1 rings (SSSR count).